The highest BCUT2D eigenvalue weighted by molar-refractivity contribution is 5.89. The fraction of sp³-hybridized carbons (Fsp3) is 0.167. The van der Waals surface area contributed by atoms with E-state index >= 15 is 0 Å². The summed E-state index contributed by atoms with van der Waals surface area (Å²) in [5.74, 6) is 0.682. The number of aliphatic imine (C=N–C) groups is 2. The van der Waals surface area contributed by atoms with Gasteiger partial charge in [0.05, 0.1) is 5.70 Å². The van der Waals surface area contributed by atoms with Gasteiger partial charge in [-0.15, -0.1) is 0 Å². The molecule has 0 bridgehead atoms. The van der Waals surface area contributed by atoms with Gasteiger partial charge in [0, 0.05) is 0 Å². The molecular weight excluding hydrogens is 172 g/mol. The summed E-state index contributed by atoms with van der Waals surface area (Å²) in [6.07, 6.45) is 1.96. The van der Waals surface area contributed by atoms with E-state index in [0.717, 1.165) is 11.3 Å². The molecule has 2 nitrogen and oxygen atoms in total. The van der Waals surface area contributed by atoms with Gasteiger partial charge in [0.25, 0.3) is 0 Å². The van der Waals surface area contributed by atoms with E-state index in [1.807, 2.05) is 50.3 Å². The Bertz CT molecular complexity index is 361. The number of benzene rings is 1. The number of hydrogen-bond acceptors (Lipinski definition) is 1. The molecule has 0 fully saturated rings. The zero-order valence-corrected chi connectivity index (χ0v) is 8.57. The molecule has 0 aliphatic heterocycles. The lowest BCUT2D eigenvalue weighted by molar-refractivity contribution is 1.43. The van der Waals surface area contributed by atoms with E-state index in [2.05, 4.69) is 16.7 Å². The maximum Gasteiger partial charge on any atom is 0.125 e. The largest absolute Gasteiger partial charge is 0.250 e. The first-order chi connectivity index (χ1) is 6.77. The quantitative estimate of drug-likeness (QED) is 0.500. The lowest BCUT2D eigenvalue weighted by atomic mass is 10.1. The Kier molecular flexibility index (Phi) is 3.80. The second-order valence-corrected chi connectivity index (χ2v) is 2.86. The number of allylic oxidation sites excluding steroid dienone is 1. The molecule has 0 radical (unpaired) electrons. The van der Waals surface area contributed by atoms with Crippen molar-refractivity contribution in [1.82, 2.24) is 0 Å². The van der Waals surface area contributed by atoms with Crippen LogP contribution in [0.15, 0.2) is 46.4 Å². The second kappa shape index (κ2) is 5.12. The standard InChI is InChI=1S/C12H14N2/c1-4-12(14-10(2)13-3)11-8-6-5-7-9-11/h4-9H,3H2,1-2H3/b12-4-,14-10-. The van der Waals surface area contributed by atoms with Crippen LogP contribution in [0.4, 0.5) is 0 Å². The van der Waals surface area contributed by atoms with Gasteiger partial charge < -0.3 is 0 Å². The number of nitrogens with zero attached hydrogens (tertiary/aromatic N) is 2. The zero-order valence-electron chi connectivity index (χ0n) is 8.57. The van der Waals surface area contributed by atoms with E-state index < -0.39 is 0 Å². The second-order valence-electron chi connectivity index (χ2n) is 2.86. The fourth-order valence-electron chi connectivity index (χ4n) is 1.11. The van der Waals surface area contributed by atoms with Gasteiger partial charge in [0.2, 0.25) is 0 Å². The van der Waals surface area contributed by atoms with Crippen molar-refractivity contribution in [1.29, 1.82) is 0 Å². The minimum Gasteiger partial charge on any atom is -0.250 e. The van der Waals surface area contributed by atoms with Gasteiger partial charge in [0.1, 0.15) is 5.84 Å². The van der Waals surface area contributed by atoms with E-state index in [-0.39, 0.29) is 0 Å². The third kappa shape index (κ3) is 2.66. The molecule has 1 aromatic carbocycles. The highest BCUT2D eigenvalue weighted by Gasteiger charge is 1.97. The van der Waals surface area contributed by atoms with Crippen molar-refractivity contribution >= 4 is 18.3 Å². The van der Waals surface area contributed by atoms with E-state index in [0.29, 0.717) is 5.84 Å². The Morgan fingerprint density at radius 3 is 2.43 bits per heavy atom. The number of hydrogen-bond donors (Lipinski definition) is 0. The SMILES string of the molecule is C=N/C(C)=N\C(=C/C)c1ccccc1. The molecular formula is C12H14N2. The molecule has 0 aromatic heterocycles. The van der Waals surface area contributed by atoms with Crippen molar-refractivity contribution in [2.24, 2.45) is 9.98 Å². The summed E-state index contributed by atoms with van der Waals surface area (Å²) in [7, 11) is 0. The maximum atomic E-state index is 4.33. The summed E-state index contributed by atoms with van der Waals surface area (Å²) in [5.41, 5.74) is 2.02. The predicted octanol–water partition coefficient (Wildman–Crippen LogP) is 3.17. The first-order valence-electron chi connectivity index (χ1n) is 4.51. The van der Waals surface area contributed by atoms with Crippen LogP contribution >= 0.6 is 0 Å². The first-order valence-corrected chi connectivity index (χ1v) is 4.51. The Morgan fingerprint density at radius 1 is 1.29 bits per heavy atom. The topological polar surface area (TPSA) is 24.7 Å². The number of rotatable bonds is 2. The molecule has 0 amide bonds. The molecule has 2 heteroatoms. The van der Waals surface area contributed by atoms with Crippen molar-refractivity contribution in [3.05, 3.63) is 42.0 Å². The summed E-state index contributed by atoms with van der Waals surface area (Å²) >= 11 is 0. The molecule has 14 heavy (non-hydrogen) atoms. The monoisotopic (exact) mass is 186 g/mol. The highest BCUT2D eigenvalue weighted by atomic mass is 14.9. The molecule has 72 valence electrons. The van der Waals surface area contributed by atoms with Gasteiger partial charge in [-0.1, -0.05) is 36.4 Å². The zero-order chi connectivity index (χ0) is 10.4. The molecule has 0 aliphatic rings. The molecule has 0 spiro atoms. The van der Waals surface area contributed by atoms with E-state index in [9.17, 15) is 0 Å². The average Bonchev–Trinajstić information content (AvgIpc) is 2.26. The molecule has 0 atom stereocenters. The average molecular weight is 186 g/mol. The molecule has 0 saturated heterocycles. The molecule has 0 unspecified atom stereocenters. The van der Waals surface area contributed by atoms with Crippen LogP contribution in [0, 0.1) is 0 Å². The molecule has 1 rings (SSSR count). The first kappa shape index (κ1) is 10.4. The van der Waals surface area contributed by atoms with Crippen molar-refractivity contribution in [3.8, 4) is 0 Å². The van der Waals surface area contributed by atoms with Gasteiger partial charge in [-0.25, -0.2) is 9.98 Å². The third-order valence-corrected chi connectivity index (χ3v) is 1.85. The number of amidine groups is 1. The highest BCUT2D eigenvalue weighted by Crippen LogP contribution is 2.15. The Hall–Kier alpha value is -1.70. The van der Waals surface area contributed by atoms with E-state index in [1.165, 1.54) is 0 Å². The van der Waals surface area contributed by atoms with Crippen LogP contribution in [0.1, 0.15) is 19.4 Å². The van der Waals surface area contributed by atoms with Crippen molar-refractivity contribution < 1.29 is 0 Å². The van der Waals surface area contributed by atoms with Gasteiger partial charge in [-0.05, 0) is 26.1 Å². The third-order valence-electron chi connectivity index (χ3n) is 1.85. The van der Waals surface area contributed by atoms with E-state index in [4.69, 9.17) is 0 Å². The minimum atomic E-state index is 0.682. The summed E-state index contributed by atoms with van der Waals surface area (Å²) < 4.78 is 0. The molecule has 0 heterocycles. The summed E-state index contributed by atoms with van der Waals surface area (Å²) in [4.78, 5) is 8.09. The Balaban J connectivity index is 3.02. The van der Waals surface area contributed by atoms with Crippen LogP contribution in [0.5, 0.6) is 0 Å². The summed E-state index contributed by atoms with van der Waals surface area (Å²) in [6, 6.07) is 10.0. The Labute approximate surface area is 84.7 Å². The van der Waals surface area contributed by atoms with E-state index in [1.54, 1.807) is 0 Å². The van der Waals surface area contributed by atoms with Crippen LogP contribution < -0.4 is 0 Å². The van der Waals surface area contributed by atoms with Gasteiger partial charge in [-0.3, -0.25) is 0 Å². The summed E-state index contributed by atoms with van der Waals surface area (Å²) in [6.45, 7) is 7.23. The lowest BCUT2D eigenvalue weighted by Crippen LogP contribution is -1.87. The maximum absolute atomic E-state index is 4.33. The predicted molar refractivity (Wildman–Crippen MR) is 62.8 cm³/mol. The Morgan fingerprint density at radius 2 is 1.93 bits per heavy atom. The van der Waals surface area contributed by atoms with Crippen LogP contribution in [-0.2, 0) is 0 Å². The minimum absolute atomic E-state index is 0.682. The normalized spacial score (nSPS) is 12.7. The molecule has 0 N–H and O–H groups in total. The van der Waals surface area contributed by atoms with Crippen LogP contribution in [0.25, 0.3) is 5.70 Å². The van der Waals surface area contributed by atoms with Gasteiger partial charge in [-0.2, -0.15) is 0 Å². The van der Waals surface area contributed by atoms with Crippen molar-refractivity contribution in [2.75, 3.05) is 0 Å². The summed E-state index contributed by atoms with van der Waals surface area (Å²) in [5, 5.41) is 0. The molecule has 0 saturated carbocycles. The van der Waals surface area contributed by atoms with Crippen LogP contribution in [-0.4, -0.2) is 12.6 Å². The van der Waals surface area contributed by atoms with Crippen molar-refractivity contribution in [3.63, 3.8) is 0 Å². The fourth-order valence-corrected chi connectivity index (χ4v) is 1.11. The van der Waals surface area contributed by atoms with Crippen LogP contribution in [0.2, 0.25) is 0 Å². The lowest BCUT2D eigenvalue weighted by Gasteiger charge is -2.01. The smallest absolute Gasteiger partial charge is 0.125 e. The van der Waals surface area contributed by atoms with Crippen LogP contribution in [0.3, 0.4) is 0 Å². The van der Waals surface area contributed by atoms with Crippen molar-refractivity contribution in [2.45, 2.75) is 13.8 Å². The van der Waals surface area contributed by atoms with Gasteiger partial charge >= 0.3 is 0 Å². The van der Waals surface area contributed by atoms with Gasteiger partial charge in [0.15, 0.2) is 0 Å². The molecule has 0 aliphatic carbocycles. The molecule has 1 aromatic rings.